The van der Waals surface area contributed by atoms with Gasteiger partial charge in [0.15, 0.2) is 0 Å². The lowest BCUT2D eigenvalue weighted by molar-refractivity contribution is -0.122. The molecule has 0 heterocycles. The van der Waals surface area contributed by atoms with Crippen LogP contribution in [0.1, 0.15) is 69.5 Å². The Balaban J connectivity index is 1.87. The van der Waals surface area contributed by atoms with E-state index < -0.39 is 0 Å². The minimum atomic E-state index is -0.134. The maximum absolute atomic E-state index is 11.2. The first-order valence-electron chi connectivity index (χ1n) is 8.12. The van der Waals surface area contributed by atoms with Crippen LogP contribution in [0.4, 0.5) is 0 Å². The third kappa shape index (κ3) is 4.31. The van der Waals surface area contributed by atoms with Crippen LogP contribution in [0, 0.1) is 5.92 Å². The number of rotatable bonds is 5. The van der Waals surface area contributed by atoms with E-state index in [1.165, 1.54) is 11.1 Å². The van der Waals surface area contributed by atoms with Crippen LogP contribution in [-0.4, -0.2) is 11.9 Å². The Kier molecular flexibility index (Phi) is 5.40. The summed E-state index contributed by atoms with van der Waals surface area (Å²) in [5.41, 5.74) is 8.10. The van der Waals surface area contributed by atoms with Crippen LogP contribution in [0.3, 0.4) is 0 Å². The molecule has 1 atom stereocenters. The van der Waals surface area contributed by atoms with Crippen LogP contribution < -0.4 is 11.1 Å². The monoisotopic (exact) mass is 288 g/mol. The molecule has 0 spiro atoms. The smallest absolute Gasteiger partial charge is 0.220 e. The molecule has 1 aromatic carbocycles. The second kappa shape index (κ2) is 7.08. The fourth-order valence-corrected chi connectivity index (χ4v) is 3.16. The lowest BCUT2D eigenvalue weighted by Crippen LogP contribution is -2.37. The van der Waals surface area contributed by atoms with Gasteiger partial charge in [-0.1, -0.05) is 38.1 Å². The van der Waals surface area contributed by atoms with Crippen molar-refractivity contribution >= 4 is 5.91 Å². The molecule has 3 nitrogen and oxygen atoms in total. The molecule has 116 valence electrons. The average Bonchev–Trinajstić information content (AvgIpc) is 2.47. The van der Waals surface area contributed by atoms with Crippen molar-refractivity contribution in [1.29, 1.82) is 0 Å². The van der Waals surface area contributed by atoms with Gasteiger partial charge in [0.2, 0.25) is 5.91 Å². The van der Waals surface area contributed by atoms with Crippen LogP contribution in [0.2, 0.25) is 0 Å². The number of primary amides is 1. The molecule has 0 bridgehead atoms. The number of carbonyl (C=O) groups excluding carboxylic acids is 1. The summed E-state index contributed by atoms with van der Waals surface area (Å²) in [4.78, 5) is 11.2. The number of nitrogens with two attached hydrogens (primary N) is 1. The van der Waals surface area contributed by atoms with Crippen LogP contribution in [0.25, 0.3) is 0 Å². The van der Waals surface area contributed by atoms with E-state index in [2.05, 4.69) is 50.4 Å². The standard InChI is InChI=1S/C18H28N2O/c1-12(2)14-4-6-15(7-5-14)13(3)20-17-10-8-16(9-11-17)18(19)21/h4-7,12-13,16-17,20H,8-11H2,1-3H3,(H2,19,21). The minimum Gasteiger partial charge on any atom is -0.369 e. The van der Waals surface area contributed by atoms with Crippen LogP contribution >= 0.6 is 0 Å². The number of nitrogens with one attached hydrogen (secondary N) is 1. The normalized spacial score (nSPS) is 24.0. The summed E-state index contributed by atoms with van der Waals surface area (Å²) >= 11 is 0. The van der Waals surface area contributed by atoms with Crippen molar-refractivity contribution in [1.82, 2.24) is 5.32 Å². The van der Waals surface area contributed by atoms with E-state index in [4.69, 9.17) is 5.73 Å². The lowest BCUT2D eigenvalue weighted by atomic mass is 9.85. The van der Waals surface area contributed by atoms with Crippen molar-refractivity contribution in [2.24, 2.45) is 11.7 Å². The molecule has 3 N–H and O–H groups in total. The van der Waals surface area contributed by atoms with Crippen LogP contribution in [0.5, 0.6) is 0 Å². The summed E-state index contributed by atoms with van der Waals surface area (Å²) in [6.07, 6.45) is 3.93. The molecule has 21 heavy (non-hydrogen) atoms. The summed E-state index contributed by atoms with van der Waals surface area (Å²) in [6, 6.07) is 9.75. The van der Waals surface area contributed by atoms with E-state index in [0.717, 1.165) is 25.7 Å². The summed E-state index contributed by atoms with van der Waals surface area (Å²) in [5, 5.41) is 3.69. The fraction of sp³-hybridized carbons (Fsp3) is 0.611. The van der Waals surface area contributed by atoms with Gasteiger partial charge in [0.1, 0.15) is 0 Å². The Bertz CT molecular complexity index is 459. The Hall–Kier alpha value is -1.35. The van der Waals surface area contributed by atoms with Crippen LogP contribution in [-0.2, 0) is 4.79 Å². The summed E-state index contributed by atoms with van der Waals surface area (Å²) in [5.74, 6) is 0.529. The van der Waals surface area contributed by atoms with Gasteiger partial charge in [0, 0.05) is 18.0 Å². The van der Waals surface area contributed by atoms with E-state index in [0.29, 0.717) is 18.0 Å². The minimum absolute atomic E-state index is 0.0867. The molecule has 1 aliphatic rings. The van der Waals surface area contributed by atoms with Crippen molar-refractivity contribution < 1.29 is 4.79 Å². The first-order chi connectivity index (χ1) is 9.97. The highest BCUT2D eigenvalue weighted by atomic mass is 16.1. The fourth-order valence-electron chi connectivity index (χ4n) is 3.16. The topological polar surface area (TPSA) is 55.1 Å². The van der Waals surface area contributed by atoms with E-state index >= 15 is 0 Å². The number of hydrogen-bond acceptors (Lipinski definition) is 2. The predicted octanol–water partition coefficient (Wildman–Crippen LogP) is 3.50. The molecule has 1 aliphatic carbocycles. The van der Waals surface area contributed by atoms with Crippen molar-refractivity contribution in [2.45, 2.75) is 64.5 Å². The highest BCUT2D eigenvalue weighted by Crippen LogP contribution is 2.26. The Morgan fingerprint density at radius 1 is 1.05 bits per heavy atom. The molecular weight excluding hydrogens is 260 g/mol. The van der Waals surface area contributed by atoms with Crippen molar-refractivity contribution in [3.63, 3.8) is 0 Å². The summed E-state index contributed by atoms with van der Waals surface area (Å²) < 4.78 is 0. The van der Waals surface area contributed by atoms with Gasteiger partial charge in [0.25, 0.3) is 0 Å². The highest BCUT2D eigenvalue weighted by Gasteiger charge is 2.25. The molecule has 2 rings (SSSR count). The zero-order chi connectivity index (χ0) is 15.4. The first-order valence-corrected chi connectivity index (χ1v) is 8.12. The molecular formula is C18H28N2O. The Morgan fingerprint density at radius 3 is 2.05 bits per heavy atom. The Labute approximate surface area is 128 Å². The number of amides is 1. The molecule has 0 aliphatic heterocycles. The SMILES string of the molecule is CC(C)c1ccc(C(C)NC2CCC(C(N)=O)CC2)cc1. The highest BCUT2D eigenvalue weighted by molar-refractivity contribution is 5.76. The molecule has 3 heteroatoms. The van der Waals surface area contributed by atoms with Crippen molar-refractivity contribution in [3.8, 4) is 0 Å². The van der Waals surface area contributed by atoms with E-state index in [-0.39, 0.29) is 11.8 Å². The summed E-state index contributed by atoms with van der Waals surface area (Å²) in [6.45, 7) is 6.65. The molecule has 0 radical (unpaired) electrons. The first kappa shape index (κ1) is 16.0. The van der Waals surface area contributed by atoms with E-state index in [9.17, 15) is 4.79 Å². The zero-order valence-corrected chi connectivity index (χ0v) is 13.4. The van der Waals surface area contributed by atoms with Crippen LogP contribution in [0.15, 0.2) is 24.3 Å². The molecule has 0 aromatic heterocycles. The molecule has 1 fully saturated rings. The zero-order valence-electron chi connectivity index (χ0n) is 13.4. The van der Waals surface area contributed by atoms with Gasteiger partial charge >= 0.3 is 0 Å². The maximum atomic E-state index is 11.2. The van der Waals surface area contributed by atoms with Gasteiger partial charge in [-0.2, -0.15) is 0 Å². The largest absolute Gasteiger partial charge is 0.369 e. The number of carbonyl (C=O) groups is 1. The third-order valence-electron chi connectivity index (χ3n) is 4.72. The van der Waals surface area contributed by atoms with Crippen molar-refractivity contribution in [2.75, 3.05) is 0 Å². The summed E-state index contributed by atoms with van der Waals surface area (Å²) in [7, 11) is 0. The van der Waals surface area contributed by atoms with E-state index in [1.54, 1.807) is 0 Å². The molecule has 1 saturated carbocycles. The van der Waals surface area contributed by atoms with Gasteiger partial charge in [-0.3, -0.25) is 4.79 Å². The van der Waals surface area contributed by atoms with Gasteiger partial charge in [-0.05, 0) is 49.7 Å². The Morgan fingerprint density at radius 2 is 1.57 bits per heavy atom. The molecule has 1 amide bonds. The quantitative estimate of drug-likeness (QED) is 0.871. The maximum Gasteiger partial charge on any atom is 0.220 e. The van der Waals surface area contributed by atoms with Gasteiger partial charge in [-0.25, -0.2) is 0 Å². The van der Waals surface area contributed by atoms with Gasteiger partial charge in [-0.15, -0.1) is 0 Å². The molecule has 1 unspecified atom stereocenters. The second-order valence-corrected chi connectivity index (χ2v) is 6.66. The molecule has 1 aromatic rings. The number of benzene rings is 1. The van der Waals surface area contributed by atoms with E-state index in [1.807, 2.05) is 0 Å². The third-order valence-corrected chi connectivity index (χ3v) is 4.72. The van der Waals surface area contributed by atoms with Crippen molar-refractivity contribution in [3.05, 3.63) is 35.4 Å². The number of hydrogen-bond donors (Lipinski definition) is 2. The molecule has 0 saturated heterocycles. The second-order valence-electron chi connectivity index (χ2n) is 6.66. The predicted molar refractivity (Wildman–Crippen MR) is 87.0 cm³/mol. The average molecular weight is 288 g/mol. The van der Waals surface area contributed by atoms with Gasteiger partial charge in [0.05, 0.1) is 0 Å². The van der Waals surface area contributed by atoms with Gasteiger partial charge < -0.3 is 11.1 Å². The lowest BCUT2D eigenvalue weighted by Gasteiger charge is -2.30.